The number of aliphatic hydroxyl groups excluding tert-OH is 1. The van der Waals surface area contributed by atoms with E-state index in [4.69, 9.17) is 4.74 Å². The van der Waals surface area contributed by atoms with Gasteiger partial charge in [0.2, 0.25) is 5.91 Å². The van der Waals surface area contributed by atoms with E-state index >= 15 is 0 Å². The van der Waals surface area contributed by atoms with Gasteiger partial charge in [-0.1, -0.05) is 26.0 Å². The minimum absolute atomic E-state index is 0.0695. The number of benzene rings is 1. The van der Waals surface area contributed by atoms with Crippen molar-refractivity contribution < 1.29 is 24.2 Å². The van der Waals surface area contributed by atoms with E-state index in [1.165, 1.54) is 0 Å². The molecule has 3 heterocycles. The summed E-state index contributed by atoms with van der Waals surface area (Å²) < 4.78 is 4.97. The lowest BCUT2D eigenvalue weighted by atomic mass is 9.71. The van der Waals surface area contributed by atoms with Gasteiger partial charge >= 0.3 is 5.97 Å². The Labute approximate surface area is 261 Å². The second-order valence-corrected chi connectivity index (χ2v) is 13.8. The zero-order chi connectivity index (χ0) is 31.3. The molecule has 1 aromatic rings. The first kappa shape index (κ1) is 33.1. The smallest absolute Gasteiger partial charge is 0.310 e. The van der Waals surface area contributed by atoms with E-state index in [9.17, 15) is 19.5 Å². The molecule has 0 aliphatic carbocycles. The van der Waals surface area contributed by atoms with Gasteiger partial charge in [-0.3, -0.25) is 14.4 Å². The molecule has 43 heavy (non-hydrogen) atoms. The van der Waals surface area contributed by atoms with E-state index < -0.39 is 28.7 Å². The molecule has 2 amide bonds. The molecule has 0 saturated carbocycles. The summed E-state index contributed by atoms with van der Waals surface area (Å²) in [5.74, 6) is -2.10. The first-order valence-corrected chi connectivity index (χ1v) is 16.7. The number of hydrogen-bond donors (Lipinski definition) is 1. The average Bonchev–Trinajstić information content (AvgIpc) is 3.64. The summed E-state index contributed by atoms with van der Waals surface area (Å²) in [6.07, 6.45) is 7.44. The van der Waals surface area contributed by atoms with Crippen LogP contribution in [0.4, 0.5) is 11.4 Å². The van der Waals surface area contributed by atoms with E-state index in [2.05, 4.69) is 31.9 Å². The molecule has 8 nitrogen and oxygen atoms in total. The maximum atomic E-state index is 14.8. The number of rotatable bonds is 16. The van der Waals surface area contributed by atoms with Crippen molar-refractivity contribution in [2.75, 3.05) is 42.6 Å². The number of amides is 2. The molecular weight excluding hydrogens is 562 g/mol. The zero-order valence-electron chi connectivity index (χ0n) is 26.2. The van der Waals surface area contributed by atoms with Crippen LogP contribution in [0.5, 0.6) is 0 Å². The molecule has 1 aromatic carbocycles. The molecule has 3 saturated heterocycles. The number of unbranched alkanes of at least 4 members (excludes halogenated alkanes) is 2. The van der Waals surface area contributed by atoms with Crippen LogP contribution in [0.1, 0.15) is 59.8 Å². The van der Waals surface area contributed by atoms with Crippen LogP contribution in [0, 0.1) is 17.8 Å². The number of carbonyl (C=O) groups excluding carboxylic acids is 3. The number of hydrogen-bond acceptors (Lipinski definition) is 7. The summed E-state index contributed by atoms with van der Waals surface area (Å²) in [6, 6.07) is 6.57. The third-order valence-corrected chi connectivity index (χ3v) is 11.4. The van der Waals surface area contributed by atoms with Crippen molar-refractivity contribution in [1.29, 1.82) is 0 Å². The van der Waals surface area contributed by atoms with Crippen LogP contribution in [0.15, 0.2) is 49.6 Å². The first-order chi connectivity index (χ1) is 20.7. The number of anilines is 2. The SMILES string of the molecule is C=CCCCCOC(=O)[C@@H]1[C@@H]2CCC3(S2)C(C(=O)N(CC=C)c2ccc(N(CC)CC)cc2)N([C@@H](CO)C(C)C)C(=O)[C@H]13. The van der Waals surface area contributed by atoms with Gasteiger partial charge in [0.05, 0.1) is 35.8 Å². The Morgan fingerprint density at radius 2 is 1.81 bits per heavy atom. The monoisotopic (exact) mass is 611 g/mol. The van der Waals surface area contributed by atoms with Crippen molar-refractivity contribution in [2.24, 2.45) is 17.8 Å². The van der Waals surface area contributed by atoms with Gasteiger partial charge in [0.1, 0.15) is 6.04 Å². The third kappa shape index (κ3) is 6.12. The summed E-state index contributed by atoms with van der Waals surface area (Å²) >= 11 is 1.62. The summed E-state index contributed by atoms with van der Waals surface area (Å²) in [4.78, 5) is 48.3. The predicted molar refractivity (Wildman–Crippen MR) is 174 cm³/mol. The van der Waals surface area contributed by atoms with E-state index in [1.807, 2.05) is 44.2 Å². The molecule has 9 heteroatoms. The zero-order valence-corrected chi connectivity index (χ0v) is 27.1. The van der Waals surface area contributed by atoms with Crippen LogP contribution < -0.4 is 9.80 Å². The summed E-state index contributed by atoms with van der Waals surface area (Å²) in [6.45, 7) is 17.9. The number of likely N-dealkylation sites (tertiary alicyclic amines) is 1. The second-order valence-electron chi connectivity index (χ2n) is 12.2. The molecule has 0 radical (unpaired) electrons. The Hall–Kier alpha value is -2.78. The molecule has 2 bridgehead atoms. The van der Waals surface area contributed by atoms with Crippen LogP contribution >= 0.6 is 11.8 Å². The third-order valence-electron chi connectivity index (χ3n) is 9.47. The quantitative estimate of drug-likeness (QED) is 0.159. The van der Waals surface area contributed by atoms with E-state index in [0.717, 1.165) is 50.1 Å². The van der Waals surface area contributed by atoms with Crippen molar-refractivity contribution >= 4 is 40.9 Å². The van der Waals surface area contributed by atoms with Crippen LogP contribution in [0.25, 0.3) is 0 Å². The molecule has 1 spiro atoms. The van der Waals surface area contributed by atoms with Crippen LogP contribution in [0.3, 0.4) is 0 Å². The highest BCUT2D eigenvalue weighted by atomic mass is 32.2. The number of nitrogens with zero attached hydrogens (tertiary/aromatic N) is 3. The number of fused-ring (bicyclic) bond motifs is 1. The van der Waals surface area contributed by atoms with Crippen molar-refractivity contribution in [1.82, 2.24) is 4.90 Å². The van der Waals surface area contributed by atoms with Gasteiger partial charge < -0.3 is 24.5 Å². The molecule has 3 fully saturated rings. The lowest BCUT2D eigenvalue weighted by Gasteiger charge is -2.40. The van der Waals surface area contributed by atoms with Gasteiger partial charge in [-0.25, -0.2) is 0 Å². The Bertz CT molecular complexity index is 1170. The van der Waals surface area contributed by atoms with Crippen LogP contribution in [0.2, 0.25) is 0 Å². The molecule has 3 aliphatic rings. The molecule has 2 unspecified atom stereocenters. The largest absolute Gasteiger partial charge is 0.465 e. The van der Waals surface area contributed by atoms with Crippen LogP contribution in [-0.4, -0.2) is 82.7 Å². The maximum absolute atomic E-state index is 14.8. The number of esters is 1. The highest BCUT2D eigenvalue weighted by Crippen LogP contribution is 2.67. The second kappa shape index (κ2) is 14.3. The fourth-order valence-corrected chi connectivity index (χ4v) is 9.49. The van der Waals surface area contributed by atoms with Gasteiger partial charge in [0, 0.05) is 36.3 Å². The highest BCUT2D eigenvalue weighted by Gasteiger charge is 2.75. The van der Waals surface area contributed by atoms with Crippen molar-refractivity contribution in [3.63, 3.8) is 0 Å². The molecule has 0 aromatic heterocycles. The number of carbonyl (C=O) groups is 3. The molecular formula is C34H49N3O5S. The topological polar surface area (TPSA) is 90.4 Å². The van der Waals surface area contributed by atoms with Gasteiger partial charge in [-0.05, 0) is 76.1 Å². The van der Waals surface area contributed by atoms with Crippen molar-refractivity contribution in [3.05, 3.63) is 49.6 Å². The first-order valence-electron chi connectivity index (χ1n) is 15.9. The lowest BCUT2D eigenvalue weighted by Crippen LogP contribution is -2.58. The van der Waals surface area contributed by atoms with Gasteiger partial charge in [0.15, 0.2) is 0 Å². The molecule has 4 rings (SSSR count). The highest BCUT2D eigenvalue weighted by molar-refractivity contribution is 8.02. The Balaban J connectivity index is 1.70. The summed E-state index contributed by atoms with van der Waals surface area (Å²) in [7, 11) is 0. The van der Waals surface area contributed by atoms with E-state index in [0.29, 0.717) is 13.0 Å². The van der Waals surface area contributed by atoms with E-state index in [1.54, 1.807) is 27.6 Å². The predicted octanol–water partition coefficient (Wildman–Crippen LogP) is 5.06. The van der Waals surface area contributed by atoms with Crippen molar-refractivity contribution in [2.45, 2.75) is 81.9 Å². The van der Waals surface area contributed by atoms with Gasteiger partial charge in [0.25, 0.3) is 5.91 Å². The average molecular weight is 612 g/mol. The normalized spacial score (nSPS) is 26.4. The molecule has 6 atom stereocenters. The fraction of sp³-hybridized carbons (Fsp3) is 0.618. The Kier molecular flexibility index (Phi) is 11.0. The molecule has 236 valence electrons. The van der Waals surface area contributed by atoms with E-state index in [-0.39, 0.29) is 42.1 Å². The minimum Gasteiger partial charge on any atom is -0.465 e. The molecule has 1 N–H and O–H groups in total. The van der Waals surface area contributed by atoms with Gasteiger partial charge in [-0.2, -0.15) is 0 Å². The Morgan fingerprint density at radius 3 is 2.40 bits per heavy atom. The number of thioether (sulfide) groups is 1. The van der Waals surface area contributed by atoms with Crippen LogP contribution in [-0.2, 0) is 19.1 Å². The maximum Gasteiger partial charge on any atom is 0.310 e. The lowest BCUT2D eigenvalue weighted by molar-refractivity contribution is -0.154. The summed E-state index contributed by atoms with van der Waals surface area (Å²) in [5.41, 5.74) is 1.80. The fourth-order valence-electron chi connectivity index (χ4n) is 7.31. The number of ether oxygens (including phenoxy) is 1. The molecule has 3 aliphatic heterocycles. The van der Waals surface area contributed by atoms with Crippen molar-refractivity contribution in [3.8, 4) is 0 Å². The Morgan fingerprint density at radius 1 is 1.14 bits per heavy atom. The number of allylic oxidation sites excluding steroid dienone is 1. The van der Waals surface area contributed by atoms with Gasteiger partial charge in [-0.15, -0.1) is 24.9 Å². The summed E-state index contributed by atoms with van der Waals surface area (Å²) in [5, 5.41) is 10.4. The minimum atomic E-state index is -0.813. The number of aliphatic hydroxyl groups is 1. The standard InChI is InChI=1S/C34H49N3O5S/c1-7-11-12-13-21-42-33(41)28-27-18-19-34(43-27)29(28)31(39)37(26(22-38)23(5)6)30(34)32(40)36(20-8-2)25-16-14-24(15-17-25)35(9-3)10-4/h7-8,14-17,23,26-30,38H,1-2,9-13,18-22H2,3-6H3/t26-,27-,28+,29-,30?,34?/m0/s1.